The van der Waals surface area contributed by atoms with Crippen LogP contribution in [-0.2, 0) is 25.1 Å². The third-order valence-electron chi connectivity index (χ3n) is 5.08. The van der Waals surface area contributed by atoms with Crippen molar-refractivity contribution < 1.29 is 32.0 Å². The zero-order valence-corrected chi connectivity index (χ0v) is 20.4. The predicted molar refractivity (Wildman–Crippen MR) is 128 cm³/mol. The molecular formula is C24H27N3O7S. The third-order valence-corrected chi connectivity index (χ3v) is 6.67. The van der Waals surface area contributed by atoms with Gasteiger partial charge in [0.2, 0.25) is 5.78 Å². The maximum absolute atomic E-state index is 13.0. The van der Waals surface area contributed by atoms with Gasteiger partial charge in [0.05, 0.1) is 17.5 Å². The van der Waals surface area contributed by atoms with Crippen LogP contribution in [0.3, 0.4) is 0 Å². The Labute approximate surface area is 203 Å². The highest BCUT2D eigenvalue weighted by atomic mass is 32.2. The number of sulfone groups is 1. The summed E-state index contributed by atoms with van der Waals surface area (Å²) in [5.74, 6) is -2.76. The fourth-order valence-electron chi connectivity index (χ4n) is 3.25. The summed E-state index contributed by atoms with van der Waals surface area (Å²) in [6.07, 6.45) is -2.38. The Morgan fingerprint density at radius 3 is 2.34 bits per heavy atom. The first-order valence-corrected chi connectivity index (χ1v) is 12.7. The summed E-state index contributed by atoms with van der Waals surface area (Å²) in [7, 11) is -1.05. The summed E-state index contributed by atoms with van der Waals surface area (Å²) < 4.78 is 36.3. The minimum Gasteiger partial charge on any atom is -0.435 e. The van der Waals surface area contributed by atoms with Gasteiger partial charge in [0, 0.05) is 14.1 Å². The number of nitrogens with zero attached hydrogens (tertiary/aromatic N) is 2. The number of Topliss-reactive ketones (excluding diaryl/α,β-unsaturated/α-hetero) is 1. The maximum atomic E-state index is 13.0. The van der Waals surface area contributed by atoms with Crippen LogP contribution in [0, 0.1) is 0 Å². The molecule has 1 aromatic heterocycles. The quantitative estimate of drug-likeness (QED) is 0.419. The van der Waals surface area contributed by atoms with Gasteiger partial charge in [-0.2, -0.15) is 0 Å². The van der Waals surface area contributed by atoms with Crippen LogP contribution < -0.4 is 5.32 Å². The van der Waals surface area contributed by atoms with E-state index in [0.717, 1.165) is 4.90 Å². The number of ketones is 1. The average Bonchev–Trinajstić information content (AvgIpc) is 3.26. The molecule has 0 saturated heterocycles. The van der Waals surface area contributed by atoms with E-state index in [1.54, 1.807) is 61.5 Å². The predicted octanol–water partition coefficient (Wildman–Crippen LogP) is 2.59. The number of para-hydroxylation sites is 2. The molecule has 2 amide bonds. The number of carbonyl (C=O) groups excluding carboxylic acids is 3. The van der Waals surface area contributed by atoms with E-state index in [-0.39, 0.29) is 18.1 Å². The van der Waals surface area contributed by atoms with Gasteiger partial charge in [-0.15, -0.1) is 0 Å². The number of carbonyl (C=O) groups is 3. The zero-order chi connectivity index (χ0) is 25.6. The first kappa shape index (κ1) is 25.9. The summed E-state index contributed by atoms with van der Waals surface area (Å²) in [6.45, 7) is 1.67. The van der Waals surface area contributed by atoms with Crippen molar-refractivity contribution in [1.29, 1.82) is 0 Å². The van der Waals surface area contributed by atoms with E-state index in [4.69, 9.17) is 9.15 Å². The lowest BCUT2D eigenvalue weighted by molar-refractivity contribution is -0.129. The molecule has 1 heterocycles. The molecule has 0 spiro atoms. The monoisotopic (exact) mass is 501 g/mol. The number of benzene rings is 2. The molecule has 2 aromatic carbocycles. The Morgan fingerprint density at radius 2 is 1.71 bits per heavy atom. The van der Waals surface area contributed by atoms with Crippen molar-refractivity contribution >= 4 is 38.7 Å². The molecule has 35 heavy (non-hydrogen) atoms. The molecule has 0 aliphatic heterocycles. The highest BCUT2D eigenvalue weighted by Gasteiger charge is 2.33. The van der Waals surface area contributed by atoms with Crippen LogP contribution in [0.1, 0.15) is 29.6 Å². The van der Waals surface area contributed by atoms with E-state index in [2.05, 4.69) is 10.3 Å². The highest BCUT2D eigenvalue weighted by molar-refractivity contribution is 7.90. The molecule has 0 radical (unpaired) electrons. The minimum absolute atomic E-state index is 0.175. The topological polar surface area (TPSA) is 136 Å². The summed E-state index contributed by atoms with van der Waals surface area (Å²) in [5, 5.41) is 2.49. The molecule has 0 saturated carbocycles. The molecule has 0 fully saturated rings. The fourth-order valence-corrected chi connectivity index (χ4v) is 4.75. The highest BCUT2D eigenvalue weighted by Crippen LogP contribution is 2.17. The first-order chi connectivity index (χ1) is 16.6. The number of aromatic nitrogens is 1. The van der Waals surface area contributed by atoms with Crippen LogP contribution in [0.15, 0.2) is 59.0 Å². The van der Waals surface area contributed by atoms with Crippen molar-refractivity contribution in [2.45, 2.75) is 31.2 Å². The number of fused-ring (bicyclic) bond motifs is 1. The molecule has 2 unspecified atom stereocenters. The van der Waals surface area contributed by atoms with Crippen molar-refractivity contribution in [1.82, 2.24) is 15.2 Å². The molecule has 0 aliphatic carbocycles. The Kier molecular flexibility index (Phi) is 8.23. The summed E-state index contributed by atoms with van der Waals surface area (Å²) in [4.78, 5) is 43.4. The van der Waals surface area contributed by atoms with Gasteiger partial charge >= 0.3 is 6.09 Å². The van der Waals surface area contributed by atoms with Crippen LogP contribution in [0.2, 0.25) is 0 Å². The Bertz CT molecular complexity index is 1270. The molecule has 3 rings (SSSR count). The number of nitrogens with one attached hydrogen (secondary N) is 1. The average molecular weight is 502 g/mol. The molecular weight excluding hydrogens is 474 g/mol. The van der Waals surface area contributed by atoms with Gasteiger partial charge < -0.3 is 19.4 Å². The Morgan fingerprint density at radius 1 is 1.06 bits per heavy atom. The van der Waals surface area contributed by atoms with E-state index < -0.39 is 45.5 Å². The van der Waals surface area contributed by atoms with Gasteiger partial charge in [0.1, 0.15) is 5.52 Å². The number of hydrogen-bond donors (Lipinski definition) is 1. The van der Waals surface area contributed by atoms with E-state index in [1.165, 1.54) is 14.1 Å². The van der Waals surface area contributed by atoms with Crippen molar-refractivity contribution in [3.63, 3.8) is 0 Å². The summed E-state index contributed by atoms with van der Waals surface area (Å²) >= 11 is 0. The summed E-state index contributed by atoms with van der Waals surface area (Å²) in [5.41, 5.74) is 1.44. The number of rotatable bonds is 10. The molecule has 0 aliphatic rings. The molecule has 186 valence electrons. The van der Waals surface area contributed by atoms with E-state index in [0.29, 0.717) is 16.7 Å². The lowest BCUT2D eigenvalue weighted by Crippen LogP contribution is -2.49. The van der Waals surface area contributed by atoms with Gasteiger partial charge in [-0.3, -0.25) is 9.59 Å². The van der Waals surface area contributed by atoms with Crippen molar-refractivity contribution in [2.24, 2.45) is 0 Å². The molecule has 11 heteroatoms. The van der Waals surface area contributed by atoms with Crippen LogP contribution in [0.25, 0.3) is 11.1 Å². The second kappa shape index (κ2) is 11.1. The number of oxazole rings is 1. The first-order valence-electron chi connectivity index (χ1n) is 10.9. The SMILES string of the molecule is CCC(NC(=O)C(CS(=O)(=O)Cc1ccccc1)OC(=O)N(C)C)C(=O)c1nc2ccccc2o1. The molecule has 10 nitrogen and oxygen atoms in total. The fraction of sp³-hybridized carbons (Fsp3) is 0.333. The Hall–Kier alpha value is -3.73. The Balaban J connectivity index is 1.78. The maximum Gasteiger partial charge on any atom is 0.410 e. The molecule has 1 N–H and O–H groups in total. The largest absolute Gasteiger partial charge is 0.435 e. The second-order valence-corrected chi connectivity index (χ2v) is 10.2. The molecule has 2 atom stereocenters. The van der Waals surface area contributed by atoms with Crippen LogP contribution in [0.5, 0.6) is 0 Å². The van der Waals surface area contributed by atoms with Crippen LogP contribution in [-0.4, -0.2) is 68.1 Å². The van der Waals surface area contributed by atoms with Gasteiger partial charge in [0.25, 0.3) is 11.8 Å². The second-order valence-electron chi connectivity index (χ2n) is 8.13. The molecule has 0 bridgehead atoms. The smallest absolute Gasteiger partial charge is 0.410 e. The lowest BCUT2D eigenvalue weighted by Gasteiger charge is -2.22. The number of hydrogen-bond acceptors (Lipinski definition) is 8. The number of amides is 2. The van der Waals surface area contributed by atoms with Crippen LogP contribution >= 0.6 is 0 Å². The zero-order valence-electron chi connectivity index (χ0n) is 19.6. The third kappa shape index (κ3) is 6.89. The minimum atomic E-state index is -3.85. The summed E-state index contributed by atoms with van der Waals surface area (Å²) in [6, 6.07) is 14.2. The van der Waals surface area contributed by atoms with Gasteiger partial charge in [-0.25, -0.2) is 18.2 Å². The lowest BCUT2D eigenvalue weighted by atomic mass is 10.1. The standard InChI is InChI=1S/C24H27N3O7S/c1-4-17(21(28)23-26-18-12-8-9-13-19(18)33-23)25-22(29)20(34-24(30)27(2)3)15-35(31,32)14-16-10-6-5-7-11-16/h5-13,17,20H,4,14-15H2,1-3H3,(H,25,29). The van der Waals surface area contributed by atoms with Crippen molar-refractivity contribution in [2.75, 3.05) is 19.8 Å². The van der Waals surface area contributed by atoms with Gasteiger partial charge in [-0.05, 0) is 24.1 Å². The van der Waals surface area contributed by atoms with E-state index in [9.17, 15) is 22.8 Å². The molecule has 3 aromatic rings. The van der Waals surface area contributed by atoms with Crippen molar-refractivity contribution in [3.8, 4) is 0 Å². The van der Waals surface area contributed by atoms with Gasteiger partial charge in [0.15, 0.2) is 21.5 Å². The van der Waals surface area contributed by atoms with E-state index >= 15 is 0 Å². The normalized spacial score (nSPS) is 13.1. The van der Waals surface area contributed by atoms with Crippen LogP contribution in [0.4, 0.5) is 4.79 Å². The van der Waals surface area contributed by atoms with Crippen molar-refractivity contribution in [3.05, 3.63) is 66.1 Å². The number of ether oxygens (including phenoxy) is 1. The van der Waals surface area contributed by atoms with E-state index in [1.807, 2.05) is 0 Å². The van der Waals surface area contributed by atoms with Gasteiger partial charge in [-0.1, -0.05) is 49.4 Å².